The molecule has 3 nitrogen and oxygen atoms in total. The highest BCUT2D eigenvalue weighted by Crippen LogP contribution is 2.29. The summed E-state index contributed by atoms with van der Waals surface area (Å²) in [7, 11) is 0. The van der Waals surface area contributed by atoms with Crippen molar-refractivity contribution in [3.05, 3.63) is 11.1 Å². The van der Waals surface area contributed by atoms with Gasteiger partial charge in [-0.25, -0.2) is 4.79 Å². The summed E-state index contributed by atoms with van der Waals surface area (Å²) in [6.45, 7) is 9.80. The Labute approximate surface area is 95.9 Å². The van der Waals surface area contributed by atoms with Crippen LogP contribution in [0.3, 0.4) is 0 Å². The smallest absolute Gasteiger partial charge is 0.415 e. The molecule has 0 N–H and O–H groups in total. The van der Waals surface area contributed by atoms with Crippen molar-refractivity contribution in [1.82, 2.24) is 4.90 Å². The maximum Gasteiger partial charge on any atom is 0.415 e. The molecule has 1 aliphatic heterocycles. The number of thioether (sulfide) groups is 1. The number of amides is 1. The molecule has 1 amide bonds. The van der Waals surface area contributed by atoms with E-state index in [9.17, 15) is 4.79 Å². The molecule has 0 bridgehead atoms. The summed E-state index contributed by atoms with van der Waals surface area (Å²) in [4.78, 5) is 13.5. The quantitative estimate of drug-likeness (QED) is 0.690. The molecule has 0 aromatic carbocycles. The Balaban J connectivity index is 2.65. The Morgan fingerprint density at radius 1 is 1.53 bits per heavy atom. The lowest BCUT2D eigenvalue weighted by Gasteiger charge is -2.26. The highest BCUT2D eigenvalue weighted by atomic mass is 32.2. The van der Waals surface area contributed by atoms with Gasteiger partial charge >= 0.3 is 6.09 Å². The maximum atomic E-state index is 11.8. The molecule has 86 valence electrons. The zero-order chi connectivity index (χ0) is 11.6. The van der Waals surface area contributed by atoms with Crippen LogP contribution < -0.4 is 0 Å². The molecular weight excluding hydrogens is 210 g/mol. The molecule has 1 aliphatic rings. The van der Waals surface area contributed by atoms with Crippen LogP contribution in [0.2, 0.25) is 0 Å². The summed E-state index contributed by atoms with van der Waals surface area (Å²) >= 11 is 1.64. The van der Waals surface area contributed by atoms with E-state index >= 15 is 0 Å². The van der Waals surface area contributed by atoms with Gasteiger partial charge in [0.25, 0.3) is 0 Å². The van der Waals surface area contributed by atoms with Crippen LogP contribution in [-0.2, 0) is 4.74 Å². The van der Waals surface area contributed by atoms with Crippen LogP contribution in [0, 0.1) is 5.92 Å². The van der Waals surface area contributed by atoms with Crippen molar-refractivity contribution >= 4 is 17.9 Å². The summed E-state index contributed by atoms with van der Waals surface area (Å²) in [5.74, 6) is 1.02. The predicted molar refractivity (Wildman–Crippen MR) is 63.5 cm³/mol. The molecule has 0 saturated heterocycles. The van der Waals surface area contributed by atoms with Gasteiger partial charge in [-0.3, -0.25) is 4.90 Å². The lowest BCUT2D eigenvalue weighted by molar-refractivity contribution is 0.0334. The Bertz CT molecular complexity index is 279. The van der Waals surface area contributed by atoms with Crippen molar-refractivity contribution in [1.29, 1.82) is 0 Å². The molecule has 1 rings (SSSR count). The monoisotopic (exact) mass is 229 g/mol. The summed E-state index contributed by atoms with van der Waals surface area (Å²) in [6.07, 6.45) is -0.243. The van der Waals surface area contributed by atoms with E-state index in [4.69, 9.17) is 4.74 Å². The third-order valence-electron chi connectivity index (χ3n) is 1.92. The van der Waals surface area contributed by atoms with Crippen molar-refractivity contribution in [3.63, 3.8) is 0 Å². The molecule has 0 fully saturated rings. The molecule has 0 aromatic rings. The van der Waals surface area contributed by atoms with E-state index in [1.54, 1.807) is 16.7 Å². The van der Waals surface area contributed by atoms with Gasteiger partial charge in [0.1, 0.15) is 5.60 Å². The standard InChI is InChI=1S/C11H19NO2S/c1-8(2)9-6-15-7-12(9)10(13)14-11(3,4)5/h6,8H,7H2,1-5H3. The van der Waals surface area contributed by atoms with E-state index in [2.05, 4.69) is 13.8 Å². The number of carbonyl (C=O) groups is 1. The summed E-state index contributed by atoms with van der Waals surface area (Å²) in [5.41, 5.74) is 0.626. The number of ether oxygens (including phenoxy) is 1. The Morgan fingerprint density at radius 3 is 2.60 bits per heavy atom. The van der Waals surface area contributed by atoms with E-state index in [1.807, 2.05) is 26.2 Å². The van der Waals surface area contributed by atoms with Crippen LogP contribution in [0.1, 0.15) is 34.6 Å². The number of allylic oxidation sites excluding steroid dienone is 1. The molecule has 0 saturated carbocycles. The van der Waals surface area contributed by atoms with Gasteiger partial charge in [0, 0.05) is 5.70 Å². The number of nitrogens with zero attached hydrogens (tertiary/aromatic N) is 1. The highest BCUT2D eigenvalue weighted by Gasteiger charge is 2.28. The van der Waals surface area contributed by atoms with Gasteiger partial charge in [-0.05, 0) is 32.1 Å². The first-order valence-electron chi connectivity index (χ1n) is 5.13. The third kappa shape index (κ3) is 3.45. The minimum atomic E-state index is -0.424. The minimum Gasteiger partial charge on any atom is -0.443 e. The number of rotatable bonds is 1. The van der Waals surface area contributed by atoms with E-state index in [0.29, 0.717) is 11.8 Å². The van der Waals surface area contributed by atoms with Crippen LogP contribution in [0.25, 0.3) is 0 Å². The van der Waals surface area contributed by atoms with E-state index in [1.165, 1.54) is 0 Å². The molecule has 4 heteroatoms. The van der Waals surface area contributed by atoms with E-state index in [-0.39, 0.29) is 6.09 Å². The molecule has 0 atom stereocenters. The van der Waals surface area contributed by atoms with Crippen molar-refractivity contribution in [2.75, 3.05) is 5.88 Å². The van der Waals surface area contributed by atoms with Gasteiger partial charge in [-0.2, -0.15) is 0 Å². The molecule has 15 heavy (non-hydrogen) atoms. The number of hydrogen-bond acceptors (Lipinski definition) is 3. The molecule has 0 spiro atoms. The van der Waals surface area contributed by atoms with Crippen LogP contribution in [0.15, 0.2) is 11.1 Å². The lowest BCUT2D eigenvalue weighted by Crippen LogP contribution is -2.35. The van der Waals surface area contributed by atoms with Crippen LogP contribution in [0.5, 0.6) is 0 Å². The SMILES string of the molecule is CC(C)C1=CSCN1C(=O)OC(C)(C)C. The minimum absolute atomic E-state index is 0.243. The molecular formula is C11H19NO2S. The van der Waals surface area contributed by atoms with Crippen LogP contribution in [0.4, 0.5) is 4.79 Å². The zero-order valence-corrected chi connectivity index (χ0v) is 10.9. The molecule has 0 aromatic heterocycles. The Kier molecular flexibility index (Phi) is 3.71. The number of carbonyl (C=O) groups excluding carboxylic acids is 1. The predicted octanol–water partition coefficient (Wildman–Crippen LogP) is 3.43. The van der Waals surface area contributed by atoms with Gasteiger partial charge in [-0.15, -0.1) is 11.8 Å². The summed E-state index contributed by atoms with van der Waals surface area (Å²) in [6, 6.07) is 0. The average molecular weight is 229 g/mol. The average Bonchev–Trinajstić information content (AvgIpc) is 2.47. The van der Waals surface area contributed by atoms with Crippen molar-refractivity contribution < 1.29 is 9.53 Å². The fourth-order valence-corrected chi connectivity index (χ4v) is 2.31. The fourth-order valence-electron chi connectivity index (χ4n) is 1.26. The molecule has 0 unspecified atom stereocenters. The van der Waals surface area contributed by atoms with Gasteiger partial charge < -0.3 is 4.74 Å². The first-order chi connectivity index (χ1) is 6.81. The zero-order valence-electron chi connectivity index (χ0n) is 10.0. The second kappa shape index (κ2) is 4.47. The second-order valence-corrected chi connectivity index (χ2v) is 5.73. The first kappa shape index (κ1) is 12.4. The normalized spacial score (nSPS) is 16.9. The molecule has 1 heterocycles. The lowest BCUT2D eigenvalue weighted by atomic mass is 10.1. The molecule has 0 aliphatic carbocycles. The third-order valence-corrected chi connectivity index (χ3v) is 2.74. The van der Waals surface area contributed by atoms with Crippen LogP contribution in [-0.4, -0.2) is 22.5 Å². The van der Waals surface area contributed by atoms with E-state index in [0.717, 1.165) is 5.70 Å². The van der Waals surface area contributed by atoms with Gasteiger partial charge in [0.05, 0.1) is 5.88 Å². The largest absolute Gasteiger partial charge is 0.443 e. The second-order valence-electron chi connectivity index (χ2n) is 4.90. The van der Waals surface area contributed by atoms with Crippen molar-refractivity contribution in [3.8, 4) is 0 Å². The van der Waals surface area contributed by atoms with Gasteiger partial charge in [-0.1, -0.05) is 13.8 Å². The maximum absolute atomic E-state index is 11.8. The van der Waals surface area contributed by atoms with Crippen LogP contribution >= 0.6 is 11.8 Å². The Morgan fingerprint density at radius 2 is 2.13 bits per heavy atom. The topological polar surface area (TPSA) is 29.5 Å². The Hall–Kier alpha value is -0.640. The number of hydrogen-bond donors (Lipinski definition) is 0. The summed E-state index contributed by atoms with van der Waals surface area (Å²) in [5, 5.41) is 2.04. The molecule has 0 radical (unpaired) electrons. The van der Waals surface area contributed by atoms with Gasteiger partial charge in [0.2, 0.25) is 0 Å². The first-order valence-corrected chi connectivity index (χ1v) is 6.18. The summed E-state index contributed by atoms with van der Waals surface area (Å²) < 4.78 is 5.33. The van der Waals surface area contributed by atoms with Crippen molar-refractivity contribution in [2.24, 2.45) is 5.92 Å². The highest BCUT2D eigenvalue weighted by molar-refractivity contribution is 8.02. The van der Waals surface area contributed by atoms with E-state index < -0.39 is 5.60 Å². The fraction of sp³-hybridized carbons (Fsp3) is 0.727. The van der Waals surface area contributed by atoms with Crippen molar-refractivity contribution in [2.45, 2.75) is 40.2 Å². The van der Waals surface area contributed by atoms with Gasteiger partial charge in [0.15, 0.2) is 0 Å².